The van der Waals surface area contributed by atoms with E-state index in [-0.39, 0.29) is 24.2 Å². The van der Waals surface area contributed by atoms with Gasteiger partial charge in [-0.05, 0) is 40.7 Å². The Hall–Kier alpha value is -1.95. The van der Waals surface area contributed by atoms with Crippen molar-refractivity contribution in [1.82, 2.24) is 19.7 Å². The Labute approximate surface area is 136 Å². The molecule has 2 aromatic rings. The van der Waals surface area contributed by atoms with Crippen LogP contribution in [0.1, 0.15) is 49.8 Å². The molecule has 1 fully saturated rings. The zero-order chi connectivity index (χ0) is 16.7. The van der Waals surface area contributed by atoms with Crippen LogP contribution in [0.15, 0.2) is 12.3 Å². The minimum Gasteiger partial charge on any atom is -0.372 e. The summed E-state index contributed by atoms with van der Waals surface area (Å²) in [6.45, 7) is 11.3. The van der Waals surface area contributed by atoms with Crippen molar-refractivity contribution in [1.29, 1.82) is 0 Å². The molecular formula is C17H24N4O2. The second kappa shape index (κ2) is 5.92. The molecule has 0 spiro atoms. The molecule has 0 bridgehead atoms. The van der Waals surface area contributed by atoms with Crippen LogP contribution in [0.2, 0.25) is 0 Å². The first-order valence-corrected chi connectivity index (χ1v) is 8.16. The van der Waals surface area contributed by atoms with Crippen LogP contribution >= 0.6 is 0 Å². The standard InChI is InChI=1S/C17H24N4O2/c1-10(2)21-16-14(7-18-21)6-15(13(5)19-16)17(22)20-8-11(3)23-12(4)9-20/h6-7,10-12H,8-9H2,1-5H3. The number of morpholine rings is 1. The number of amides is 1. The first-order valence-electron chi connectivity index (χ1n) is 8.16. The summed E-state index contributed by atoms with van der Waals surface area (Å²) in [6, 6.07) is 2.15. The highest BCUT2D eigenvalue weighted by Crippen LogP contribution is 2.22. The van der Waals surface area contributed by atoms with Crippen molar-refractivity contribution in [2.45, 2.75) is 52.9 Å². The lowest BCUT2D eigenvalue weighted by molar-refractivity contribution is -0.0586. The summed E-state index contributed by atoms with van der Waals surface area (Å²) in [5.41, 5.74) is 2.23. The molecule has 3 heterocycles. The van der Waals surface area contributed by atoms with Crippen LogP contribution in [0, 0.1) is 6.92 Å². The molecule has 6 nitrogen and oxygen atoms in total. The van der Waals surface area contributed by atoms with Gasteiger partial charge in [0.1, 0.15) is 0 Å². The van der Waals surface area contributed by atoms with Gasteiger partial charge in [-0.2, -0.15) is 5.10 Å². The molecule has 2 aromatic heterocycles. The molecule has 6 heteroatoms. The maximum absolute atomic E-state index is 12.9. The van der Waals surface area contributed by atoms with E-state index in [4.69, 9.17) is 4.74 Å². The molecule has 0 N–H and O–H groups in total. The fraction of sp³-hybridized carbons (Fsp3) is 0.588. The zero-order valence-electron chi connectivity index (χ0n) is 14.4. The Morgan fingerprint density at radius 3 is 2.57 bits per heavy atom. The van der Waals surface area contributed by atoms with Crippen molar-refractivity contribution in [3.05, 3.63) is 23.5 Å². The smallest absolute Gasteiger partial charge is 0.255 e. The number of carbonyl (C=O) groups is 1. The molecule has 1 aliphatic heterocycles. The monoisotopic (exact) mass is 316 g/mol. The van der Waals surface area contributed by atoms with Crippen LogP contribution < -0.4 is 0 Å². The third-order valence-electron chi connectivity index (χ3n) is 4.19. The lowest BCUT2D eigenvalue weighted by Crippen LogP contribution is -2.48. The number of carbonyl (C=O) groups excluding carboxylic acids is 1. The van der Waals surface area contributed by atoms with E-state index in [1.54, 1.807) is 6.20 Å². The van der Waals surface area contributed by atoms with Gasteiger partial charge in [0, 0.05) is 24.5 Å². The predicted molar refractivity (Wildman–Crippen MR) is 88.6 cm³/mol. The number of fused-ring (bicyclic) bond motifs is 1. The van der Waals surface area contributed by atoms with Crippen LogP contribution in [0.4, 0.5) is 0 Å². The molecule has 1 amide bonds. The Kier molecular flexibility index (Phi) is 4.10. The number of ether oxygens (including phenoxy) is 1. The molecule has 2 atom stereocenters. The highest BCUT2D eigenvalue weighted by Gasteiger charge is 2.28. The first-order chi connectivity index (χ1) is 10.9. The van der Waals surface area contributed by atoms with E-state index >= 15 is 0 Å². The molecule has 1 saturated heterocycles. The van der Waals surface area contributed by atoms with Crippen molar-refractivity contribution in [2.75, 3.05) is 13.1 Å². The summed E-state index contributed by atoms with van der Waals surface area (Å²) in [7, 11) is 0. The molecule has 3 rings (SSSR count). The SMILES string of the molecule is Cc1nc2c(cnn2C(C)C)cc1C(=O)N1CC(C)OC(C)C1. The average molecular weight is 316 g/mol. The van der Waals surface area contributed by atoms with Gasteiger partial charge >= 0.3 is 0 Å². The van der Waals surface area contributed by atoms with Crippen molar-refractivity contribution >= 4 is 16.9 Å². The Bertz CT molecular complexity index is 728. The van der Waals surface area contributed by atoms with E-state index in [1.807, 2.05) is 36.4 Å². The van der Waals surface area contributed by atoms with Gasteiger partial charge in [-0.1, -0.05) is 0 Å². The summed E-state index contributed by atoms with van der Waals surface area (Å²) in [5.74, 6) is 0.0243. The third kappa shape index (κ3) is 2.95. The van der Waals surface area contributed by atoms with Gasteiger partial charge in [-0.15, -0.1) is 0 Å². The van der Waals surface area contributed by atoms with E-state index in [2.05, 4.69) is 23.9 Å². The van der Waals surface area contributed by atoms with Crippen LogP contribution in [0.5, 0.6) is 0 Å². The van der Waals surface area contributed by atoms with E-state index in [0.717, 1.165) is 16.7 Å². The normalized spacial score (nSPS) is 22.1. The van der Waals surface area contributed by atoms with Gasteiger partial charge in [0.25, 0.3) is 5.91 Å². The van der Waals surface area contributed by atoms with E-state index in [0.29, 0.717) is 18.7 Å². The zero-order valence-corrected chi connectivity index (χ0v) is 14.4. The van der Waals surface area contributed by atoms with E-state index < -0.39 is 0 Å². The van der Waals surface area contributed by atoms with Gasteiger partial charge in [-0.25, -0.2) is 9.67 Å². The molecule has 0 saturated carbocycles. The minimum absolute atomic E-state index is 0.0243. The third-order valence-corrected chi connectivity index (χ3v) is 4.19. The van der Waals surface area contributed by atoms with Gasteiger partial charge in [-0.3, -0.25) is 4.79 Å². The summed E-state index contributed by atoms with van der Waals surface area (Å²) in [5, 5.41) is 5.29. The maximum Gasteiger partial charge on any atom is 0.255 e. The number of hydrogen-bond donors (Lipinski definition) is 0. The summed E-state index contributed by atoms with van der Waals surface area (Å²) < 4.78 is 7.59. The fourth-order valence-corrected chi connectivity index (χ4v) is 3.17. The number of rotatable bonds is 2. The summed E-state index contributed by atoms with van der Waals surface area (Å²) in [4.78, 5) is 19.4. The second-order valence-electron chi connectivity index (χ2n) is 6.68. The number of aryl methyl sites for hydroxylation is 1. The predicted octanol–water partition coefficient (Wildman–Crippen LogP) is 2.57. The Morgan fingerprint density at radius 1 is 1.30 bits per heavy atom. The molecule has 0 radical (unpaired) electrons. The second-order valence-corrected chi connectivity index (χ2v) is 6.68. The number of hydrogen-bond acceptors (Lipinski definition) is 4. The van der Waals surface area contributed by atoms with E-state index in [1.165, 1.54) is 0 Å². The van der Waals surface area contributed by atoms with Crippen LogP contribution in [0.25, 0.3) is 11.0 Å². The fourth-order valence-electron chi connectivity index (χ4n) is 3.17. The molecule has 2 unspecified atom stereocenters. The number of pyridine rings is 1. The average Bonchev–Trinajstić information content (AvgIpc) is 2.87. The van der Waals surface area contributed by atoms with Crippen molar-refractivity contribution in [3.63, 3.8) is 0 Å². The summed E-state index contributed by atoms with van der Waals surface area (Å²) in [6.07, 6.45) is 1.90. The van der Waals surface area contributed by atoms with Gasteiger partial charge < -0.3 is 9.64 Å². The largest absolute Gasteiger partial charge is 0.372 e. The maximum atomic E-state index is 12.9. The van der Waals surface area contributed by atoms with Gasteiger partial charge in [0.15, 0.2) is 5.65 Å². The molecule has 0 aliphatic carbocycles. The molecule has 23 heavy (non-hydrogen) atoms. The lowest BCUT2D eigenvalue weighted by Gasteiger charge is -2.35. The van der Waals surface area contributed by atoms with Gasteiger partial charge in [0.05, 0.1) is 29.7 Å². The van der Waals surface area contributed by atoms with Crippen molar-refractivity contribution in [2.24, 2.45) is 0 Å². The van der Waals surface area contributed by atoms with E-state index in [9.17, 15) is 4.79 Å². The number of aromatic nitrogens is 3. The minimum atomic E-state index is 0.0243. The van der Waals surface area contributed by atoms with Crippen molar-refractivity contribution < 1.29 is 9.53 Å². The van der Waals surface area contributed by atoms with Crippen LogP contribution in [-0.2, 0) is 4.74 Å². The topological polar surface area (TPSA) is 60.2 Å². The van der Waals surface area contributed by atoms with Gasteiger partial charge in [0.2, 0.25) is 0 Å². The van der Waals surface area contributed by atoms with Crippen molar-refractivity contribution in [3.8, 4) is 0 Å². The molecule has 124 valence electrons. The highest BCUT2D eigenvalue weighted by molar-refractivity contribution is 5.98. The molecule has 1 aliphatic rings. The quantitative estimate of drug-likeness (QED) is 0.854. The molecular weight excluding hydrogens is 292 g/mol. The Morgan fingerprint density at radius 2 is 1.96 bits per heavy atom. The summed E-state index contributed by atoms with van der Waals surface area (Å²) >= 11 is 0. The highest BCUT2D eigenvalue weighted by atomic mass is 16.5. The van der Waals surface area contributed by atoms with Crippen LogP contribution in [0.3, 0.4) is 0 Å². The molecule has 0 aromatic carbocycles. The number of nitrogens with zero attached hydrogens (tertiary/aromatic N) is 4. The lowest BCUT2D eigenvalue weighted by atomic mass is 10.1. The first kappa shape index (κ1) is 15.9. The Balaban J connectivity index is 1.96. The van der Waals surface area contributed by atoms with Crippen LogP contribution in [-0.4, -0.2) is 50.9 Å².